The molecule has 7 nitrogen and oxygen atoms in total. The molecule has 0 spiro atoms. The fraction of sp³-hybridized carbons (Fsp3) is 0.217. The van der Waals surface area contributed by atoms with Gasteiger partial charge in [-0.2, -0.15) is 0 Å². The first-order valence-electron chi connectivity index (χ1n) is 9.62. The quantitative estimate of drug-likeness (QED) is 0.652. The van der Waals surface area contributed by atoms with Gasteiger partial charge in [0.15, 0.2) is 0 Å². The number of hydrogen-bond donors (Lipinski definition) is 1. The van der Waals surface area contributed by atoms with E-state index in [1.807, 2.05) is 37.3 Å². The van der Waals surface area contributed by atoms with Crippen LogP contribution < -0.4 is 15.0 Å². The number of ether oxygens (including phenoxy) is 1. The Balaban J connectivity index is 1.62. The Hall–Kier alpha value is -3.74. The zero-order valence-electron chi connectivity index (χ0n) is 17.3. The van der Waals surface area contributed by atoms with Gasteiger partial charge in [0, 0.05) is 49.7 Å². The molecule has 0 saturated carbocycles. The molecule has 154 valence electrons. The van der Waals surface area contributed by atoms with Gasteiger partial charge in [0.05, 0.1) is 18.4 Å². The SMILES string of the molecule is CCC(=O)N(C)c1ccc(-c2ccc(C(=O)NCc3ccc(OC)nc3)cn2)cc1. The molecule has 7 heteroatoms. The molecule has 1 aromatic carbocycles. The fourth-order valence-electron chi connectivity index (χ4n) is 2.86. The third-order valence-corrected chi connectivity index (χ3v) is 4.71. The van der Waals surface area contributed by atoms with Crippen molar-refractivity contribution >= 4 is 17.5 Å². The van der Waals surface area contributed by atoms with Crippen LogP contribution in [0.4, 0.5) is 5.69 Å². The molecule has 0 unspecified atom stereocenters. The Kier molecular flexibility index (Phi) is 6.75. The summed E-state index contributed by atoms with van der Waals surface area (Å²) in [6.45, 7) is 2.20. The van der Waals surface area contributed by atoms with Crippen molar-refractivity contribution in [3.05, 3.63) is 72.1 Å². The second kappa shape index (κ2) is 9.65. The van der Waals surface area contributed by atoms with E-state index in [2.05, 4.69) is 15.3 Å². The molecule has 0 atom stereocenters. The summed E-state index contributed by atoms with van der Waals surface area (Å²) in [4.78, 5) is 34.3. The number of anilines is 1. The topological polar surface area (TPSA) is 84.4 Å². The molecule has 3 aromatic rings. The van der Waals surface area contributed by atoms with Gasteiger partial charge in [-0.1, -0.05) is 25.1 Å². The summed E-state index contributed by atoms with van der Waals surface area (Å²) in [5.74, 6) is 0.378. The highest BCUT2D eigenvalue weighted by Gasteiger charge is 2.10. The number of amides is 2. The maximum atomic E-state index is 12.4. The minimum Gasteiger partial charge on any atom is -0.481 e. The molecule has 0 saturated heterocycles. The van der Waals surface area contributed by atoms with Crippen LogP contribution in [0.5, 0.6) is 5.88 Å². The predicted molar refractivity (Wildman–Crippen MR) is 115 cm³/mol. The molecule has 30 heavy (non-hydrogen) atoms. The lowest BCUT2D eigenvalue weighted by Crippen LogP contribution is -2.24. The van der Waals surface area contributed by atoms with Crippen molar-refractivity contribution in [2.24, 2.45) is 0 Å². The summed E-state index contributed by atoms with van der Waals surface area (Å²) in [6, 6.07) is 14.7. The van der Waals surface area contributed by atoms with Crippen LogP contribution in [0.2, 0.25) is 0 Å². The van der Waals surface area contributed by atoms with Gasteiger partial charge in [0.25, 0.3) is 5.91 Å². The maximum absolute atomic E-state index is 12.4. The number of carbonyl (C=O) groups is 2. The van der Waals surface area contributed by atoms with E-state index in [1.54, 1.807) is 49.7 Å². The van der Waals surface area contributed by atoms with E-state index in [4.69, 9.17) is 4.74 Å². The van der Waals surface area contributed by atoms with Crippen LogP contribution in [0.15, 0.2) is 60.9 Å². The third-order valence-electron chi connectivity index (χ3n) is 4.71. The number of hydrogen-bond acceptors (Lipinski definition) is 5. The molecule has 3 rings (SSSR count). The van der Waals surface area contributed by atoms with Gasteiger partial charge in [-0.3, -0.25) is 14.6 Å². The second-order valence-electron chi connectivity index (χ2n) is 6.68. The molecule has 2 aromatic heterocycles. The molecule has 0 aliphatic rings. The zero-order valence-corrected chi connectivity index (χ0v) is 17.3. The van der Waals surface area contributed by atoms with Gasteiger partial charge >= 0.3 is 0 Å². The van der Waals surface area contributed by atoms with E-state index >= 15 is 0 Å². The predicted octanol–water partition coefficient (Wildman–Crippen LogP) is 3.46. The fourth-order valence-corrected chi connectivity index (χ4v) is 2.86. The van der Waals surface area contributed by atoms with Gasteiger partial charge in [0.2, 0.25) is 11.8 Å². The van der Waals surface area contributed by atoms with E-state index in [9.17, 15) is 9.59 Å². The van der Waals surface area contributed by atoms with Gasteiger partial charge in [-0.05, 0) is 29.8 Å². The molecule has 1 N–H and O–H groups in total. The lowest BCUT2D eigenvalue weighted by molar-refractivity contribution is -0.118. The van der Waals surface area contributed by atoms with E-state index in [-0.39, 0.29) is 11.8 Å². The normalized spacial score (nSPS) is 10.4. The Labute approximate surface area is 175 Å². The van der Waals surface area contributed by atoms with Crippen molar-refractivity contribution in [1.29, 1.82) is 0 Å². The Morgan fingerprint density at radius 1 is 1.00 bits per heavy atom. The average Bonchev–Trinajstić information content (AvgIpc) is 2.82. The summed E-state index contributed by atoms with van der Waals surface area (Å²) in [6.07, 6.45) is 3.67. The molecule has 0 bridgehead atoms. The summed E-state index contributed by atoms with van der Waals surface area (Å²) in [5.41, 5.74) is 3.84. The largest absolute Gasteiger partial charge is 0.481 e. The third kappa shape index (κ3) is 5.00. The van der Waals surface area contributed by atoms with Crippen LogP contribution in [0, 0.1) is 0 Å². The van der Waals surface area contributed by atoms with Crippen molar-refractivity contribution in [3.63, 3.8) is 0 Å². The molecule has 0 aliphatic heterocycles. The van der Waals surface area contributed by atoms with Crippen molar-refractivity contribution < 1.29 is 14.3 Å². The van der Waals surface area contributed by atoms with Crippen molar-refractivity contribution in [2.45, 2.75) is 19.9 Å². The Morgan fingerprint density at radius 2 is 1.77 bits per heavy atom. The van der Waals surface area contributed by atoms with Crippen LogP contribution in [0.25, 0.3) is 11.3 Å². The molecule has 0 radical (unpaired) electrons. The smallest absolute Gasteiger partial charge is 0.253 e. The number of rotatable bonds is 7. The van der Waals surface area contributed by atoms with Crippen molar-refractivity contribution in [3.8, 4) is 17.1 Å². The minimum atomic E-state index is -0.208. The maximum Gasteiger partial charge on any atom is 0.253 e. The highest BCUT2D eigenvalue weighted by molar-refractivity contribution is 5.94. The van der Waals surface area contributed by atoms with Gasteiger partial charge < -0.3 is 15.0 Å². The first kappa shape index (κ1) is 21.0. The molecular formula is C23H24N4O3. The lowest BCUT2D eigenvalue weighted by Gasteiger charge is -2.16. The van der Waals surface area contributed by atoms with E-state index < -0.39 is 0 Å². The number of methoxy groups -OCH3 is 1. The van der Waals surface area contributed by atoms with E-state index in [1.165, 1.54) is 0 Å². The monoisotopic (exact) mass is 404 g/mol. The first-order valence-corrected chi connectivity index (χ1v) is 9.62. The van der Waals surface area contributed by atoms with Crippen molar-refractivity contribution in [2.75, 3.05) is 19.1 Å². The Bertz CT molecular complexity index is 1000. The second-order valence-corrected chi connectivity index (χ2v) is 6.68. The molecule has 0 fully saturated rings. The summed E-state index contributed by atoms with van der Waals surface area (Å²) in [7, 11) is 3.31. The minimum absolute atomic E-state index is 0.0571. The Morgan fingerprint density at radius 3 is 2.33 bits per heavy atom. The van der Waals surface area contributed by atoms with Crippen LogP contribution >= 0.6 is 0 Å². The number of nitrogens with zero attached hydrogens (tertiary/aromatic N) is 3. The molecular weight excluding hydrogens is 380 g/mol. The zero-order chi connectivity index (χ0) is 21.5. The number of aromatic nitrogens is 2. The first-order chi connectivity index (χ1) is 14.5. The highest BCUT2D eigenvalue weighted by Crippen LogP contribution is 2.22. The number of nitrogens with one attached hydrogen (secondary N) is 1. The van der Waals surface area contributed by atoms with Crippen LogP contribution in [0.3, 0.4) is 0 Å². The van der Waals surface area contributed by atoms with Crippen molar-refractivity contribution in [1.82, 2.24) is 15.3 Å². The molecule has 2 heterocycles. The van der Waals surface area contributed by atoms with Crippen LogP contribution in [-0.4, -0.2) is 35.9 Å². The van der Waals surface area contributed by atoms with Crippen LogP contribution in [0.1, 0.15) is 29.3 Å². The molecule has 0 aliphatic carbocycles. The summed E-state index contributed by atoms with van der Waals surface area (Å²) in [5, 5.41) is 2.85. The van der Waals surface area contributed by atoms with Gasteiger partial charge in [-0.15, -0.1) is 0 Å². The number of carbonyl (C=O) groups excluding carboxylic acids is 2. The lowest BCUT2D eigenvalue weighted by atomic mass is 10.1. The van der Waals surface area contributed by atoms with E-state index in [0.717, 1.165) is 22.5 Å². The van der Waals surface area contributed by atoms with E-state index in [0.29, 0.717) is 24.4 Å². The summed E-state index contributed by atoms with van der Waals surface area (Å²) >= 11 is 0. The average molecular weight is 404 g/mol. The van der Waals surface area contributed by atoms with Gasteiger partial charge in [0.1, 0.15) is 0 Å². The number of benzene rings is 1. The van der Waals surface area contributed by atoms with Crippen LogP contribution in [-0.2, 0) is 11.3 Å². The highest BCUT2D eigenvalue weighted by atomic mass is 16.5. The molecule has 2 amide bonds. The number of pyridine rings is 2. The summed E-state index contributed by atoms with van der Waals surface area (Å²) < 4.78 is 5.02. The standard InChI is InChI=1S/C23H24N4O3/c1-4-22(28)27(2)19-9-6-17(7-10-19)20-11-8-18(15-24-20)23(29)26-14-16-5-12-21(30-3)25-13-16/h5-13,15H,4,14H2,1-3H3,(H,26,29). The van der Waals surface area contributed by atoms with Gasteiger partial charge in [-0.25, -0.2) is 4.98 Å².